The minimum absolute atomic E-state index is 0.238. The zero-order valence-electron chi connectivity index (χ0n) is 12.0. The zero-order chi connectivity index (χ0) is 14.5. The summed E-state index contributed by atoms with van der Waals surface area (Å²) in [6, 6.07) is 0. The van der Waals surface area contributed by atoms with Crippen LogP contribution in [0.15, 0.2) is 10.1 Å². The Labute approximate surface area is 123 Å². The van der Waals surface area contributed by atoms with E-state index < -0.39 is 6.80 Å². The quantitative estimate of drug-likeness (QED) is 0.508. The van der Waals surface area contributed by atoms with Crippen molar-refractivity contribution in [2.24, 2.45) is 10.1 Å². The molecule has 8 heteroatoms. The molecular weight excluding hydrogens is 303 g/mol. The van der Waals surface area contributed by atoms with Crippen LogP contribution in [-0.2, 0) is 13.7 Å². The van der Waals surface area contributed by atoms with Crippen LogP contribution in [0.2, 0.25) is 0 Å². The van der Waals surface area contributed by atoms with Gasteiger partial charge in [-0.3, -0.25) is 9.52 Å². The highest BCUT2D eigenvalue weighted by atomic mass is 32.7. The van der Waals surface area contributed by atoms with E-state index in [4.69, 9.17) is 9.15 Å². The summed E-state index contributed by atoms with van der Waals surface area (Å²) in [5, 5.41) is 4.65. The number of rotatable bonds is 7. The number of oxime groups is 1. The normalized spacial score (nSPS) is 23.2. The Morgan fingerprint density at radius 2 is 2.16 bits per heavy atom. The van der Waals surface area contributed by atoms with Gasteiger partial charge in [-0.05, 0) is 45.5 Å². The van der Waals surface area contributed by atoms with E-state index >= 15 is 0 Å². The molecule has 0 bridgehead atoms. The van der Waals surface area contributed by atoms with Gasteiger partial charge in [0.1, 0.15) is 4.87 Å². The molecule has 0 aromatic rings. The van der Waals surface area contributed by atoms with E-state index in [0.717, 1.165) is 12.1 Å². The third-order valence-electron chi connectivity index (χ3n) is 2.06. The lowest BCUT2D eigenvalue weighted by atomic mass is 10.4. The first kappa shape index (κ1) is 17.1. The standard InChI is InChI=1S/C11H21N2O3PS2/c1-6-8-18-17(14,15-7-2)16-13-10-9(3)12-11(4,5)19-10/h6-8H2,1-5H3/b13-10-. The van der Waals surface area contributed by atoms with Crippen molar-refractivity contribution >= 4 is 40.7 Å². The highest BCUT2D eigenvalue weighted by Crippen LogP contribution is 2.61. The number of hydrogen-bond acceptors (Lipinski definition) is 7. The van der Waals surface area contributed by atoms with Crippen molar-refractivity contribution in [3.05, 3.63) is 0 Å². The molecule has 1 unspecified atom stereocenters. The molecule has 1 aliphatic rings. The summed E-state index contributed by atoms with van der Waals surface area (Å²) in [6.45, 7) is 6.81. The maximum absolute atomic E-state index is 12.4. The van der Waals surface area contributed by atoms with Crippen molar-refractivity contribution in [1.29, 1.82) is 0 Å². The predicted molar refractivity (Wildman–Crippen MR) is 85.3 cm³/mol. The second-order valence-electron chi connectivity index (χ2n) is 4.42. The van der Waals surface area contributed by atoms with Crippen molar-refractivity contribution in [3.63, 3.8) is 0 Å². The molecule has 1 heterocycles. The molecule has 0 aromatic carbocycles. The Balaban J connectivity index is 2.72. The molecule has 1 aliphatic heterocycles. The van der Waals surface area contributed by atoms with Gasteiger partial charge >= 0.3 is 6.80 Å². The summed E-state index contributed by atoms with van der Waals surface area (Å²) >= 11 is 2.68. The van der Waals surface area contributed by atoms with Crippen LogP contribution in [0, 0.1) is 0 Å². The van der Waals surface area contributed by atoms with E-state index in [1.165, 1.54) is 23.1 Å². The van der Waals surface area contributed by atoms with E-state index in [2.05, 4.69) is 10.1 Å². The van der Waals surface area contributed by atoms with E-state index in [-0.39, 0.29) is 4.87 Å². The largest absolute Gasteiger partial charge is 0.459 e. The van der Waals surface area contributed by atoms with Gasteiger partial charge in [0.25, 0.3) is 0 Å². The average molecular weight is 324 g/mol. The highest BCUT2D eigenvalue weighted by molar-refractivity contribution is 8.55. The number of thioether (sulfide) groups is 1. The maximum Gasteiger partial charge on any atom is 0.459 e. The van der Waals surface area contributed by atoms with E-state index in [1.807, 2.05) is 27.7 Å². The number of hydrogen-bond donors (Lipinski definition) is 0. The van der Waals surface area contributed by atoms with Crippen molar-refractivity contribution in [2.45, 2.75) is 45.9 Å². The summed E-state index contributed by atoms with van der Waals surface area (Å²) in [5.41, 5.74) is 0.804. The van der Waals surface area contributed by atoms with Crippen LogP contribution in [0.5, 0.6) is 0 Å². The second kappa shape index (κ2) is 7.16. The Kier molecular flexibility index (Phi) is 6.43. The first-order valence-electron chi connectivity index (χ1n) is 6.23. The Hall–Kier alpha value is 0.0300. The first-order chi connectivity index (χ1) is 8.82. The second-order valence-corrected chi connectivity index (χ2v) is 10.1. The van der Waals surface area contributed by atoms with Crippen molar-refractivity contribution in [2.75, 3.05) is 12.4 Å². The van der Waals surface area contributed by atoms with Crippen LogP contribution in [0.4, 0.5) is 0 Å². The molecule has 0 spiro atoms. The van der Waals surface area contributed by atoms with E-state index in [1.54, 1.807) is 6.92 Å². The van der Waals surface area contributed by atoms with Crippen molar-refractivity contribution in [1.82, 2.24) is 0 Å². The monoisotopic (exact) mass is 324 g/mol. The summed E-state index contributed by atoms with van der Waals surface area (Å²) in [5.74, 6) is 0.716. The minimum Gasteiger partial charge on any atom is -0.304 e. The van der Waals surface area contributed by atoms with Crippen LogP contribution in [-0.4, -0.2) is 28.0 Å². The average Bonchev–Trinajstić information content (AvgIpc) is 2.58. The van der Waals surface area contributed by atoms with Gasteiger partial charge in [-0.1, -0.05) is 23.8 Å². The van der Waals surface area contributed by atoms with Gasteiger partial charge in [-0.2, -0.15) is 0 Å². The maximum atomic E-state index is 12.4. The summed E-state index contributed by atoms with van der Waals surface area (Å²) in [7, 11) is 0. The SMILES string of the molecule is CCCSP(=O)(OCC)O/N=C1\SC(C)(C)N=C1C. The molecule has 19 heavy (non-hydrogen) atoms. The fourth-order valence-corrected chi connectivity index (χ4v) is 5.45. The van der Waals surface area contributed by atoms with Crippen LogP contribution in [0.3, 0.4) is 0 Å². The molecule has 0 saturated heterocycles. The summed E-state index contributed by atoms with van der Waals surface area (Å²) < 4.78 is 22.8. The van der Waals surface area contributed by atoms with Crippen LogP contribution in [0.1, 0.15) is 41.0 Å². The lowest BCUT2D eigenvalue weighted by Gasteiger charge is -2.14. The molecule has 1 rings (SSSR count). The van der Waals surface area contributed by atoms with Gasteiger partial charge in [0, 0.05) is 5.75 Å². The summed E-state index contributed by atoms with van der Waals surface area (Å²) in [4.78, 5) is 4.20. The van der Waals surface area contributed by atoms with Crippen LogP contribution < -0.4 is 0 Å². The lowest BCUT2D eigenvalue weighted by molar-refractivity contribution is 0.237. The third-order valence-corrected chi connectivity index (χ3v) is 6.99. The predicted octanol–water partition coefficient (Wildman–Crippen LogP) is 4.55. The highest BCUT2D eigenvalue weighted by Gasteiger charge is 2.32. The molecule has 0 aliphatic carbocycles. The van der Waals surface area contributed by atoms with Gasteiger partial charge in [0.05, 0.1) is 12.3 Å². The van der Waals surface area contributed by atoms with Crippen molar-refractivity contribution < 1.29 is 13.7 Å². The van der Waals surface area contributed by atoms with E-state index in [9.17, 15) is 4.57 Å². The zero-order valence-corrected chi connectivity index (χ0v) is 14.5. The first-order valence-corrected chi connectivity index (χ1v) is 10.2. The van der Waals surface area contributed by atoms with Gasteiger partial charge in [-0.15, -0.1) is 0 Å². The third kappa shape index (κ3) is 5.50. The summed E-state index contributed by atoms with van der Waals surface area (Å²) in [6.07, 6.45) is 0.907. The van der Waals surface area contributed by atoms with Gasteiger partial charge in [0.2, 0.25) is 0 Å². The Morgan fingerprint density at radius 3 is 2.63 bits per heavy atom. The van der Waals surface area contributed by atoms with Gasteiger partial charge in [-0.25, -0.2) is 4.57 Å². The molecule has 0 fully saturated rings. The molecule has 0 radical (unpaired) electrons. The molecule has 110 valence electrons. The smallest absolute Gasteiger partial charge is 0.304 e. The number of nitrogens with zero attached hydrogens (tertiary/aromatic N) is 2. The topological polar surface area (TPSA) is 60.2 Å². The number of aliphatic imine (C=N–C) groups is 1. The lowest BCUT2D eigenvalue weighted by Crippen LogP contribution is -2.06. The minimum atomic E-state index is -3.20. The van der Waals surface area contributed by atoms with E-state index in [0.29, 0.717) is 17.4 Å². The molecule has 0 saturated carbocycles. The van der Waals surface area contributed by atoms with Crippen LogP contribution in [0.25, 0.3) is 0 Å². The molecular formula is C11H21N2O3PS2. The van der Waals surface area contributed by atoms with Gasteiger partial charge in [0.15, 0.2) is 5.04 Å². The Bertz CT molecular complexity index is 424. The molecule has 0 N–H and O–H groups in total. The fraction of sp³-hybridized carbons (Fsp3) is 0.818. The van der Waals surface area contributed by atoms with Crippen LogP contribution >= 0.6 is 29.9 Å². The molecule has 0 amide bonds. The molecule has 5 nitrogen and oxygen atoms in total. The molecule has 1 atom stereocenters. The Morgan fingerprint density at radius 1 is 1.47 bits per heavy atom. The van der Waals surface area contributed by atoms with Crippen molar-refractivity contribution in [3.8, 4) is 0 Å². The van der Waals surface area contributed by atoms with Gasteiger partial charge < -0.3 is 4.62 Å². The molecule has 0 aromatic heterocycles. The fourth-order valence-electron chi connectivity index (χ4n) is 1.40.